The number of amides is 1. The second kappa shape index (κ2) is 4.78. The fourth-order valence-corrected chi connectivity index (χ4v) is 1.52. The molecule has 0 bridgehead atoms. The summed E-state index contributed by atoms with van der Waals surface area (Å²) >= 11 is 0. The Hall–Kier alpha value is -2.16. The molecule has 1 N–H and O–H groups in total. The van der Waals surface area contributed by atoms with E-state index in [-0.39, 0.29) is 5.56 Å². The molecule has 0 atom stereocenters. The molecule has 0 aliphatic heterocycles. The molecule has 0 aromatic heterocycles. The van der Waals surface area contributed by atoms with Gasteiger partial charge in [-0.25, -0.2) is 4.39 Å². The molecule has 0 saturated carbocycles. The van der Waals surface area contributed by atoms with Crippen molar-refractivity contribution in [3.8, 4) is 0 Å². The van der Waals surface area contributed by atoms with Gasteiger partial charge in [0, 0.05) is 5.69 Å². The second-order valence-electron chi connectivity index (χ2n) is 3.80. The maximum absolute atomic E-state index is 13.5. The number of nitrogens with one attached hydrogen (secondary N) is 1. The van der Waals surface area contributed by atoms with Crippen LogP contribution in [0.4, 0.5) is 10.1 Å². The van der Waals surface area contributed by atoms with Gasteiger partial charge in [0.25, 0.3) is 5.91 Å². The molecule has 0 spiro atoms. The zero-order valence-corrected chi connectivity index (χ0v) is 9.41. The van der Waals surface area contributed by atoms with Crippen LogP contribution in [0.3, 0.4) is 0 Å². The molecule has 1 amide bonds. The van der Waals surface area contributed by atoms with Gasteiger partial charge in [-0.05, 0) is 36.8 Å². The van der Waals surface area contributed by atoms with E-state index < -0.39 is 11.7 Å². The molecular formula is C14H12FNO. The van der Waals surface area contributed by atoms with E-state index >= 15 is 0 Å². The van der Waals surface area contributed by atoms with Crippen LogP contribution in [-0.4, -0.2) is 5.91 Å². The Bertz CT molecular complexity index is 537. The minimum absolute atomic E-state index is 0.0550. The van der Waals surface area contributed by atoms with Crippen molar-refractivity contribution in [1.82, 2.24) is 0 Å². The summed E-state index contributed by atoms with van der Waals surface area (Å²) < 4.78 is 13.5. The molecule has 0 fully saturated rings. The third kappa shape index (κ3) is 2.69. The first-order valence-corrected chi connectivity index (χ1v) is 5.29. The van der Waals surface area contributed by atoms with Crippen molar-refractivity contribution in [2.45, 2.75) is 6.92 Å². The number of halogens is 1. The lowest BCUT2D eigenvalue weighted by Gasteiger charge is -2.06. The van der Waals surface area contributed by atoms with Crippen molar-refractivity contribution >= 4 is 11.6 Å². The summed E-state index contributed by atoms with van der Waals surface area (Å²) in [5.74, 6) is -0.938. The van der Waals surface area contributed by atoms with Gasteiger partial charge in [0.2, 0.25) is 0 Å². The number of para-hydroxylation sites is 1. The van der Waals surface area contributed by atoms with Crippen LogP contribution in [0.2, 0.25) is 0 Å². The van der Waals surface area contributed by atoms with Gasteiger partial charge in [-0.15, -0.1) is 0 Å². The molecule has 3 heteroatoms. The molecule has 17 heavy (non-hydrogen) atoms. The van der Waals surface area contributed by atoms with E-state index in [1.807, 2.05) is 6.07 Å². The Morgan fingerprint density at radius 2 is 1.82 bits per heavy atom. The van der Waals surface area contributed by atoms with Gasteiger partial charge in [0.1, 0.15) is 5.82 Å². The minimum atomic E-state index is -0.501. The van der Waals surface area contributed by atoms with E-state index in [4.69, 9.17) is 0 Å². The molecule has 0 unspecified atom stereocenters. The smallest absolute Gasteiger partial charge is 0.258 e. The molecule has 2 nitrogen and oxygen atoms in total. The molecule has 0 heterocycles. The summed E-state index contributed by atoms with van der Waals surface area (Å²) in [6, 6.07) is 13.5. The Morgan fingerprint density at radius 3 is 2.47 bits per heavy atom. The number of benzene rings is 2. The number of carbonyl (C=O) groups is 1. The van der Waals surface area contributed by atoms with Gasteiger partial charge in [-0.3, -0.25) is 4.79 Å². The largest absolute Gasteiger partial charge is 0.322 e. The summed E-state index contributed by atoms with van der Waals surface area (Å²) in [7, 11) is 0. The Balaban J connectivity index is 2.21. The van der Waals surface area contributed by atoms with Gasteiger partial charge < -0.3 is 5.32 Å². The van der Waals surface area contributed by atoms with Crippen LogP contribution >= 0.6 is 0 Å². The van der Waals surface area contributed by atoms with Crippen molar-refractivity contribution in [3.05, 3.63) is 65.5 Å². The van der Waals surface area contributed by atoms with Gasteiger partial charge in [-0.1, -0.05) is 24.3 Å². The molecule has 0 aliphatic rings. The molecule has 0 aliphatic carbocycles. The highest BCUT2D eigenvalue weighted by Crippen LogP contribution is 2.13. The molecular weight excluding hydrogens is 217 g/mol. The fourth-order valence-electron chi connectivity index (χ4n) is 1.52. The van der Waals surface area contributed by atoms with E-state index in [2.05, 4.69) is 5.32 Å². The SMILES string of the molecule is Cc1ccc(C(=O)Nc2ccccc2)c(F)c1. The first kappa shape index (κ1) is 11.3. The predicted octanol–water partition coefficient (Wildman–Crippen LogP) is 3.39. The first-order chi connectivity index (χ1) is 8.16. The normalized spacial score (nSPS) is 10.0. The molecule has 2 aromatic carbocycles. The predicted molar refractivity (Wildman–Crippen MR) is 65.5 cm³/mol. The summed E-state index contributed by atoms with van der Waals surface area (Å²) in [5, 5.41) is 2.64. The van der Waals surface area contributed by atoms with Crippen LogP contribution in [0.5, 0.6) is 0 Å². The third-order valence-electron chi connectivity index (χ3n) is 2.40. The van der Waals surface area contributed by atoms with Crippen LogP contribution in [-0.2, 0) is 0 Å². The third-order valence-corrected chi connectivity index (χ3v) is 2.40. The minimum Gasteiger partial charge on any atom is -0.322 e. The van der Waals surface area contributed by atoms with Crippen LogP contribution in [0.15, 0.2) is 48.5 Å². The Kier molecular flexibility index (Phi) is 3.19. The summed E-state index contributed by atoms with van der Waals surface area (Å²) in [6.45, 7) is 1.78. The van der Waals surface area contributed by atoms with Crippen molar-refractivity contribution in [2.24, 2.45) is 0 Å². The van der Waals surface area contributed by atoms with Gasteiger partial charge in [0.15, 0.2) is 0 Å². The molecule has 0 saturated heterocycles. The van der Waals surface area contributed by atoms with Crippen molar-refractivity contribution in [2.75, 3.05) is 5.32 Å². The monoisotopic (exact) mass is 229 g/mol. The van der Waals surface area contributed by atoms with Crippen LogP contribution < -0.4 is 5.32 Å². The average molecular weight is 229 g/mol. The second-order valence-corrected chi connectivity index (χ2v) is 3.80. The Morgan fingerprint density at radius 1 is 1.12 bits per heavy atom. The van der Waals surface area contributed by atoms with Crippen LogP contribution in [0.25, 0.3) is 0 Å². The summed E-state index contributed by atoms with van der Waals surface area (Å²) in [4.78, 5) is 11.8. The van der Waals surface area contributed by atoms with Crippen LogP contribution in [0, 0.1) is 12.7 Å². The van der Waals surface area contributed by atoms with E-state index in [0.29, 0.717) is 5.69 Å². The summed E-state index contributed by atoms with van der Waals surface area (Å²) in [5.41, 5.74) is 1.50. The molecule has 86 valence electrons. The van der Waals surface area contributed by atoms with E-state index in [1.165, 1.54) is 12.1 Å². The highest BCUT2D eigenvalue weighted by molar-refractivity contribution is 6.04. The standard InChI is InChI=1S/C14H12FNO/c1-10-7-8-12(13(15)9-10)14(17)16-11-5-3-2-4-6-11/h2-9H,1H3,(H,16,17). The number of hydrogen-bond donors (Lipinski definition) is 1. The number of anilines is 1. The van der Waals surface area contributed by atoms with Gasteiger partial charge >= 0.3 is 0 Å². The van der Waals surface area contributed by atoms with Crippen molar-refractivity contribution in [1.29, 1.82) is 0 Å². The molecule has 2 rings (SSSR count). The fraction of sp³-hybridized carbons (Fsp3) is 0.0714. The zero-order chi connectivity index (χ0) is 12.3. The lowest BCUT2D eigenvalue weighted by molar-refractivity contribution is 0.102. The number of rotatable bonds is 2. The maximum Gasteiger partial charge on any atom is 0.258 e. The summed E-state index contributed by atoms with van der Waals surface area (Å²) in [6.07, 6.45) is 0. The lowest BCUT2D eigenvalue weighted by Crippen LogP contribution is -2.13. The van der Waals surface area contributed by atoms with E-state index in [9.17, 15) is 9.18 Å². The van der Waals surface area contributed by atoms with Crippen LogP contribution in [0.1, 0.15) is 15.9 Å². The first-order valence-electron chi connectivity index (χ1n) is 5.29. The quantitative estimate of drug-likeness (QED) is 0.840. The van der Waals surface area contributed by atoms with Crippen molar-refractivity contribution < 1.29 is 9.18 Å². The van der Waals surface area contributed by atoms with E-state index in [1.54, 1.807) is 37.3 Å². The van der Waals surface area contributed by atoms with Gasteiger partial charge in [0.05, 0.1) is 5.56 Å². The zero-order valence-electron chi connectivity index (χ0n) is 9.41. The maximum atomic E-state index is 13.5. The topological polar surface area (TPSA) is 29.1 Å². The average Bonchev–Trinajstić information content (AvgIpc) is 2.30. The highest BCUT2D eigenvalue weighted by atomic mass is 19.1. The lowest BCUT2D eigenvalue weighted by atomic mass is 10.1. The van der Waals surface area contributed by atoms with Crippen molar-refractivity contribution in [3.63, 3.8) is 0 Å². The number of hydrogen-bond acceptors (Lipinski definition) is 1. The van der Waals surface area contributed by atoms with E-state index in [0.717, 1.165) is 5.56 Å². The number of carbonyl (C=O) groups excluding carboxylic acids is 1. The molecule has 2 aromatic rings. The molecule has 0 radical (unpaired) electrons. The number of aryl methyl sites for hydroxylation is 1. The highest BCUT2D eigenvalue weighted by Gasteiger charge is 2.11. The Labute approximate surface area is 99.1 Å². The van der Waals surface area contributed by atoms with Gasteiger partial charge in [-0.2, -0.15) is 0 Å².